The number of rotatable bonds is 5. The van der Waals surface area contributed by atoms with Crippen molar-refractivity contribution in [1.29, 1.82) is 0 Å². The number of hydrogen-bond acceptors (Lipinski definition) is 6. The average molecular weight is 358 g/mol. The molecular weight excluding hydrogens is 336 g/mol. The standard InChI is InChI=1S/C19H22N2O5/c1-24-15-8-6-13(7-9-15)11-14-12-17(26-20-14)18(22)21-10-4-3-5-16(21)19(23)25-2/h6-9,12,16H,3-5,10-11H2,1-2H3. The minimum absolute atomic E-state index is 0.143. The molecule has 7 heteroatoms. The van der Waals surface area contributed by atoms with Crippen molar-refractivity contribution in [2.75, 3.05) is 20.8 Å². The molecule has 1 atom stereocenters. The van der Waals surface area contributed by atoms with Crippen LogP contribution in [0.5, 0.6) is 5.75 Å². The molecule has 1 aromatic carbocycles. The molecular formula is C19H22N2O5. The molecule has 1 fully saturated rings. The summed E-state index contributed by atoms with van der Waals surface area (Å²) >= 11 is 0. The van der Waals surface area contributed by atoms with E-state index in [1.807, 2.05) is 24.3 Å². The summed E-state index contributed by atoms with van der Waals surface area (Å²) in [4.78, 5) is 26.2. The Bertz CT molecular complexity index is 768. The first kappa shape index (κ1) is 18.0. The van der Waals surface area contributed by atoms with Gasteiger partial charge in [-0.1, -0.05) is 17.3 Å². The van der Waals surface area contributed by atoms with E-state index in [2.05, 4.69) is 5.16 Å². The zero-order valence-electron chi connectivity index (χ0n) is 14.9. The lowest BCUT2D eigenvalue weighted by Gasteiger charge is -2.32. The number of amides is 1. The van der Waals surface area contributed by atoms with Crippen LogP contribution in [0, 0.1) is 0 Å². The number of ether oxygens (including phenoxy) is 2. The zero-order valence-corrected chi connectivity index (χ0v) is 14.9. The minimum Gasteiger partial charge on any atom is -0.497 e. The molecule has 0 radical (unpaired) electrons. The summed E-state index contributed by atoms with van der Waals surface area (Å²) in [6.07, 6.45) is 2.89. The third kappa shape index (κ3) is 3.87. The van der Waals surface area contributed by atoms with Gasteiger partial charge in [-0.3, -0.25) is 4.79 Å². The molecule has 138 valence electrons. The van der Waals surface area contributed by atoms with Crippen LogP contribution in [0.3, 0.4) is 0 Å². The third-order valence-electron chi connectivity index (χ3n) is 4.55. The summed E-state index contributed by atoms with van der Waals surface area (Å²) in [5.74, 6) is 0.206. The quantitative estimate of drug-likeness (QED) is 0.764. The molecule has 3 rings (SSSR count). The number of benzene rings is 1. The number of hydrogen-bond donors (Lipinski definition) is 0. The Morgan fingerprint density at radius 3 is 2.69 bits per heavy atom. The smallest absolute Gasteiger partial charge is 0.328 e. The number of likely N-dealkylation sites (tertiary alicyclic amines) is 1. The second-order valence-electron chi connectivity index (χ2n) is 6.24. The minimum atomic E-state index is -0.559. The van der Waals surface area contributed by atoms with Crippen LogP contribution < -0.4 is 4.74 Å². The van der Waals surface area contributed by atoms with Gasteiger partial charge in [0.2, 0.25) is 5.76 Å². The lowest BCUT2D eigenvalue weighted by Crippen LogP contribution is -2.48. The molecule has 7 nitrogen and oxygen atoms in total. The van der Waals surface area contributed by atoms with Gasteiger partial charge in [-0.05, 0) is 37.0 Å². The molecule has 1 unspecified atom stereocenters. The summed E-state index contributed by atoms with van der Waals surface area (Å²) in [5.41, 5.74) is 1.69. The molecule has 1 aliphatic heterocycles. The van der Waals surface area contributed by atoms with Crippen LogP contribution in [-0.4, -0.2) is 48.7 Å². The fourth-order valence-corrected chi connectivity index (χ4v) is 3.15. The molecule has 26 heavy (non-hydrogen) atoms. The SMILES string of the molecule is COC(=O)C1CCCCN1C(=O)c1cc(Cc2ccc(OC)cc2)no1. The second kappa shape index (κ2) is 8.03. The lowest BCUT2D eigenvalue weighted by atomic mass is 10.0. The molecule has 0 N–H and O–H groups in total. The van der Waals surface area contributed by atoms with E-state index in [-0.39, 0.29) is 11.7 Å². The van der Waals surface area contributed by atoms with Crippen molar-refractivity contribution in [3.05, 3.63) is 47.3 Å². The largest absolute Gasteiger partial charge is 0.497 e. The van der Waals surface area contributed by atoms with Gasteiger partial charge in [0.15, 0.2) is 0 Å². The van der Waals surface area contributed by atoms with Crippen LogP contribution in [0.25, 0.3) is 0 Å². The van der Waals surface area contributed by atoms with Gasteiger partial charge in [0.05, 0.1) is 19.9 Å². The number of nitrogens with zero attached hydrogens (tertiary/aromatic N) is 2. The number of esters is 1. The fourth-order valence-electron chi connectivity index (χ4n) is 3.15. The highest BCUT2D eigenvalue weighted by Gasteiger charge is 2.34. The highest BCUT2D eigenvalue weighted by atomic mass is 16.5. The monoisotopic (exact) mass is 358 g/mol. The average Bonchev–Trinajstić information content (AvgIpc) is 3.16. The molecule has 1 aliphatic rings. The van der Waals surface area contributed by atoms with Crippen molar-refractivity contribution >= 4 is 11.9 Å². The van der Waals surface area contributed by atoms with Crippen molar-refractivity contribution < 1.29 is 23.6 Å². The van der Waals surface area contributed by atoms with E-state index >= 15 is 0 Å². The van der Waals surface area contributed by atoms with Gasteiger partial charge in [-0.2, -0.15) is 0 Å². The molecule has 0 spiro atoms. The number of carbonyl (C=O) groups excluding carboxylic acids is 2. The topological polar surface area (TPSA) is 81.9 Å². The first-order chi connectivity index (χ1) is 12.6. The maximum Gasteiger partial charge on any atom is 0.328 e. The van der Waals surface area contributed by atoms with Crippen LogP contribution in [0.1, 0.15) is 41.1 Å². The van der Waals surface area contributed by atoms with E-state index < -0.39 is 12.0 Å². The molecule has 2 heterocycles. The fraction of sp³-hybridized carbons (Fsp3) is 0.421. The normalized spacial score (nSPS) is 17.0. The first-order valence-corrected chi connectivity index (χ1v) is 8.59. The molecule has 0 bridgehead atoms. The Morgan fingerprint density at radius 1 is 1.23 bits per heavy atom. The maximum atomic E-state index is 12.7. The van der Waals surface area contributed by atoms with Gasteiger partial charge in [-0.15, -0.1) is 0 Å². The van der Waals surface area contributed by atoms with E-state index in [0.29, 0.717) is 25.1 Å². The molecule has 2 aromatic rings. The van der Waals surface area contributed by atoms with Gasteiger partial charge in [-0.25, -0.2) is 4.79 Å². The van der Waals surface area contributed by atoms with Gasteiger partial charge in [0.1, 0.15) is 11.8 Å². The predicted octanol–water partition coefficient (Wildman–Crippen LogP) is 2.44. The Hall–Kier alpha value is -2.83. The van der Waals surface area contributed by atoms with E-state index in [0.717, 1.165) is 24.2 Å². The van der Waals surface area contributed by atoms with Crippen LogP contribution in [-0.2, 0) is 16.0 Å². The van der Waals surface area contributed by atoms with Crippen molar-refractivity contribution in [3.8, 4) is 5.75 Å². The van der Waals surface area contributed by atoms with E-state index in [1.54, 1.807) is 13.2 Å². The van der Waals surface area contributed by atoms with Crippen LogP contribution in [0.4, 0.5) is 0 Å². The highest BCUT2D eigenvalue weighted by molar-refractivity contribution is 5.94. The summed E-state index contributed by atoms with van der Waals surface area (Å²) < 4.78 is 15.2. The number of aromatic nitrogens is 1. The van der Waals surface area contributed by atoms with E-state index in [1.165, 1.54) is 12.0 Å². The molecule has 1 amide bonds. The van der Waals surface area contributed by atoms with Gasteiger partial charge in [0, 0.05) is 19.0 Å². The van der Waals surface area contributed by atoms with E-state index in [9.17, 15) is 9.59 Å². The molecule has 0 aliphatic carbocycles. The maximum absolute atomic E-state index is 12.7. The van der Waals surface area contributed by atoms with Gasteiger partial charge in [0.25, 0.3) is 5.91 Å². The van der Waals surface area contributed by atoms with Crippen molar-refractivity contribution in [1.82, 2.24) is 10.1 Å². The van der Waals surface area contributed by atoms with Gasteiger partial charge >= 0.3 is 5.97 Å². The Kier molecular flexibility index (Phi) is 5.55. The zero-order chi connectivity index (χ0) is 18.5. The van der Waals surface area contributed by atoms with Crippen LogP contribution in [0.2, 0.25) is 0 Å². The Labute approximate surface area is 151 Å². The summed E-state index contributed by atoms with van der Waals surface area (Å²) in [6, 6.07) is 8.69. The summed E-state index contributed by atoms with van der Waals surface area (Å²) in [5, 5.41) is 3.99. The Balaban J connectivity index is 1.71. The van der Waals surface area contributed by atoms with Crippen molar-refractivity contribution in [2.45, 2.75) is 31.7 Å². The number of methoxy groups -OCH3 is 2. The first-order valence-electron chi connectivity index (χ1n) is 8.59. The third-order valence-corrected chi connectivity index (χ3v) is 4.55. The van der Waals surface area contributed by atoms with Crippen molar-refractivity contribution in [2.24, 2.45) is 0 Å². The van der Waals surface area contributed by atoms with Gasteiger partial charge < -0.3 is 18.9 Å². The lowest BCUT2D eigenvalue weighted by molar-refractivity contribution is -0.147. The molecule has 1 saturated heterocycles. The Morgan fingerprint density at radius 2 is 2.00 bits per heavy atom. The summed E-state index contributed by atoms with van der Waals surface area (Å²) in [6.45, 7) is 0.507. The second-order valence-corrected chi connectivity index (χ2v) is 6.24. The highest BCUT2D eigenvalue weighted by Crippen LogP contribution is 2.22. The summed E-state index contributed by atoms with van der Waals surface area (Å²) in [7, 11) is 2.95. The van der Waals surface area contributed by atoms with Crippen molar-refractivity contribution in [3.63, 3.8) is 0 Å². The molecule has 1 aromatic heterocycles. The molecule has 0 saturated carbocycles. The predicted molar refractivity (Wildman–Crippen MR) is 93.0 cm³/mol. The van der Waals surface area contributed by atoms with Crippen LogP contribution in [0.15, 0.2) is 34.9 Å². The van der Waals surface area contributed by atoms with Crippen LogP contribution >= 0.6 is 0 Å². The number of piperidine rings is 1. The van der Waals surface area contributed by atoms with E-state index in [4.69, 9.17) is 14.0 Å². The number of carbonyl (C=O) groups is 2.